The second-order valence-corrected chi connectivity index (χ2v) is 4.04. The molecule has 0 aliphatic carbocycles. The average molecular weight is 194 g/mol. The Bertz CT molecular complexity index is 247. The molecule has 1 fully saturated rings. The maximum Gasteiger partial charge on any atom is 0.156 e. The first-order valence-electron chi connectivity index (χ1n) is 4.95. The van der Waals surface area contributed by atoms with Gasteiger partial charge in [-0.2, -0.15) is 5.26 Å². The summed E-state index contributed by atoms with van der Waals surface area (Å²) in [6.07, 6.45) is 1.60. The first-order chi connectivity index (χ1) is 6.62. The summed E-state index contributed by atoms with van der Waals surface area (Å²) in [5, 5.41) is 9.00. The van der Waals surface area contributed by atoms with Crippen LogP contribution in [0, 0.1) is 11.3 Å². The third-order valence-corrected chi connectivity index (χ3v) is 2.75. The zero-order chi connectivity index (χ0) is 10.6. The van der Waals surface area contributed by atoms with E-state index in [1.54, 1.807) is 7.11 Å². The summed E-state index contributed by atoms with van der Waals surface area (Å²) in [5.41, 5.74) is 0.637. The zero-order valence-corrected chi connectivity index (χ0v) is 9.05. The second kappa shape index (κ2) is 4.59. The number of hydrogen-bond donors (Lipinski definition) is 0. The molecule has 3 nitrogen and oxygen atoms in total. The van der Waals surface area contributed by atoms with Gasteiger partial charge in [-0.25, -0.2) is 0 Å². The summed E-state index contributed by atoms with van der Waals surface area (Å²) in [7, 11) is 1.62. The predicted molar refractivity (Wildman–Crippen MR) is 55.8 cm³/mol. The van der Waals surface area contributed by atoms with Crippen LogP contribution in [-0.4, -0.2) is 37.2 Å². The van der Waals surface area contributed by atoms with Crippen molar-refractivity contribution in [1.82, 2.24) is 4.90 Å². The molecule has 0 aromatic rings. The van der Waals surface area contributed by atoms with Crippen LogP contribution in [0.15, 0.2) is 12.2 Å². The lowest BCUT2D eigenvalue weighted by molar-refractivity contribution is -0.0120. The van der Waals surface area contributed by atoms with Crippen LogP contribution in [-0.2, 0) is 4.74 Å². The van der Waals surface area contributed by atoms with Crippen molar-refractivity contribution in [3.8, 4) is 6.07 Å². The van der Waals surface area contributed by atoms with Crippen molar-refractivity contribution in [1.29, 1.82) is 5.26 Å². The summed E-state index contributed by atoms with van der Waals surface area (Å²) in [5.74, 6) is 0. The number of ether oxygens (including phenoxy) is 1. The molecule has 0 N–H and O–H groups in total. The SMILES string of the molecule is C=C(C)CN1CCC(C#N)(OC)CC1. The van der Waals surface area contributed by atoms with Gasteiger partial charge in [0.1, 0.15) is 0 Å². The lowest BCUT2D eigenvalue weighted by Gasteiger charge is -2.36. The number of likely N-dealkylation sites (tertiary alicyclic amines) is 1. The van der Waals surface area contributed by atoms with Gasteiger partial charge in [-0.1, -0.05) is 12.2 Å². The Labute approximate surface area is 86.0 Å². The third kappa shape index (κ3) is 2.57. The van der Waals surface area contributed by atoms with Gasteiger partial charge in [0.15, 0.2) is 5.60 Å². The molecule has 0 bridgehead atoms. The van der Waals surface area contributed by atoms with E-state index in [1.807, 2.05) is 6.92 Å². The maximum absolute atomic E-state index is 9.00. The Morgan fingerprint density at radius 1 is 1.57 bits per heavy atom. The average Bonchev–Trinajstić information content (AvgIpc) is 2.19. The minimum atomic E-state index is -0.536. The Kier molecular flexibility index (Phi) is 3.68. The van der Waals surface area contributed by atoms with Gasteiger partial charge in [0.05, 0.1) is 6.07 Å². The van der Waals surface area contributed by atoms with Crippen molar-refractivity contribution in [2.45, 2.75) is 25.4 Å². The number of methoxy groups -OCH3 is 1. The van der Waals surface area contributed by atoms with Gasteiger partial charge >= 0.3 is 0 Å². The molecule has 3 heteroatoms. The molecule has 1 aliphatic heterocycles. The Balaban J connectivity index is 2.45. The molecule has 0 radical (unpaired) electrons. The molecule has 14 heavy (non-hydrogen) atoms. The first kappa shape index (κ1) is 11.2. The highest BCUT2D eigenvalue weighted by atomic mass is 16.5. The fourth-order valence-electron chi connectivity index (χ4n) is 1.82. The fourth-order valence-corrected chi connectivity index (χ4v) is 1.82. The van der Waals surface area contributed by atoms with Gasteiger partial charge in [0, 0.05) is 39.6 Å². The summed E-state index contributed by atoms with van der Waals surface area (Å²) in [4.78, 5) is 2.32. The van der Waals surface area contributed by atoms with Crippen LogP contribution in [0.1, 0.15) is 19.8 Å². The van der Waals surface area contributed by atoms with Crippen LogP contribution >= 0.6 is 0 Å². The summed E-state index contributed by atoms with van der Waals surface area (Å²) >= 11 is 0. The predicted octanol–water partition coefficient (Wildman–Crippen LogP) is 1.57. The lowest BCUT2D eigenvalue weighted by atomic mass is 9.92. The minimum Gasteiger partial charge on any atom is -0.363 e. The smallest absolute Gasteiger partial charge is 0.156 e. The highest BCUT2D eigenvalue weighted by Crippen LogP contribution is 2.24. The molecule has 78 valence electrons. The molecule has 1 aliphatic rings. The van der Waals surface area contributed by atoms with Crippen molar-refractivity contribution in [3.63, 3.8) is 0 Å². The maximum atomic E-state index is 9.00. The number of nitrogens with zero attached hydrogens (tertiary/aromatic N) is 2. The second-order valence-electron chi connectivity index (χ2n) is 4.04. The van der Waals surface area contributed by atoms with Crippen LogP contribution in [0.3, 0.4) is 0 Å². The molecule has 0 aromatic heterocycles. The molecule has 0 amide bonds. The summed E-state index contributed by atoms with van der Waals surface area (Å²) in [6.45, 7) is 8.70. The third-order valence-electron chi connectivity index (χ3n) is 2.75. The van der Waals surface area contributed by atoms with E-state index in [-0.39, 0.29) is 0 Å². The lowest BCUT2D eigenvalue weighted by Crippen LogP contribution is -2.45. The van der Waals surface area contributed by atoms with E-state index in [0.717, 1.165) is 32.5 Å². The molecular weight excluding hydrogens is 176 g/mol. The number of nitriles is 1. The fraction of sp³-hybridized carbons (Fsp3) is 0.727. The Morgan fingerprint density at radius 3 is 2.50 bits per heavy atom. The summed E-state index contributed by atoms with van der Waals surface area (Å²) < 4.78 is 5.27. The van der Waals surface area contributed by atoms with Crippen LogP contribution < -0.4 is 0 Å². The van der Waals surface area contributed by atoms with Gasteiger partial charge < -0.3 is 4.74 Å². The van der Waals surface area contributed by atoms with E-state index in [4.69, 9.17) is 10.00 Å². The number of piperidine rings is 1. The van der Waals surface area contributed by atoms with Gasteiger partial charge in [-0.05, 0) is 6.92 Å². The molecule has 0 spiro atoms. The molecule has 0 aromatic carbocycles. The standard InChI is InChI=1S/C11H18N2O/c1-10(2)8-13-6-4-11(9-12,14-3)5-7-13/h1,4-8H2,2-3H3. The van der Waals surface area contributed by atoms with Crippen molar-refractivity contribution in [3.05, 3.63) is 12.2 Å². The largest absolute Gasteiger partial charge is 0.363 e. The highest BCUT2D eigenvalue weighted by molar-refractivity contribution is 5.05. The van der Waals surface area contributed by atoms with Gasteiger partial charge in [0.2, 0.25) is 0 Å². The molecule has 0 unspecified atom stereocenters. The molecule has 0 atom stereocenters. The van der Waals surface area contributed by atoms with Gasteiger partial charge in [-0.3, -0.25) is 4.90 Å². The van der Waals surface area contributed by atoms with E-state index in [0.29, 0.717) is 0 Å². The zero-order valence-electron chi connectivity index (χ0n) is 9.05. The number of hydrogen-bond acceptors (Lipinski definition) is 3. The first-order valence-corrected chi connectivity index (χ1v) is 4.95. The monoisotopic (exact) mass is 194 g/mol. The highest BCUT2D eigenvalue weighted by Gasteiger charge is 2.34. The normalized spacial score (nSPS) is 21.5. The van der Waals surface area contributed by atoms with Gasteiger partial charge in [0.25, 0.3) is 0 Å². The van der Waals surface area contributed by atoms with E-state index >= 15 is 0 Å². The minimum absolute atomic E-state index is 0.536. The van der Waals surface area contributed by atoms with Crippen molar-refractivity contribution in [2.75, 3.05) is 26.7 Å². The number of rotatable bonds is 3. The van der Waals surface area contributed by atoms with Crippen molar-refractivity contribution >= 4 is 0 Å². The Morgan fingerprint density at radius 2 is 2.14 bits per heavy atom. The van der Waals surface area contributed by atoms with E-state index < -0.39 is 5.60 Å². The van der Waals surface area contributed by atoms with E-state index in [2.05, 4.69) is 17.5 Å². The quantitative estimate of drug-likeness (QED) is 0.640. The Hall–Kier alpha value is -0.850. The summed E-state index contributed by atoms with van der Waals surface area (Å²) in [6, 6.07) is 2.27. The molecule has 1 heterocycles. The van der Waals surface area contributed by atoms with E-state index in [9.17, 15) is 0 Å². The van der Waals surface area contributed by atoms with Crippen LogP contribution in [0.5, 0.6) is 0 Å². The molecule has 1 rings (SSSR count). The molecular formula is C11H18N2O. The molecule has 1 saturated heterocycles. The van der Waals surface area contributed by atoms with Crippen LogP contribution in [0.4, 0.5) is 0 Å². The topological polar surface area (TPSA) is 36.3 Å². The van der Waals surface area contributed by atoms with E-state index in [1.165, 1.54) is 5.57 Å². The van der Waals surface area contributed by atoms with Gasteiger partial charge in [-0.15, -0.1) is 0 Å². The molecule has 0 saturated carbocycles. The van der Waals surface area contributed by atoms with Crippen LogP contribution in [0.2, 0.25) is 0 Å². The van der Waals surface area contributed by atoms with Crippen LogP contribution in [0.25, 0.3) is 0 Å². The van der Waals surface area contributed by atoms with Crippen molar-refractivity contribution < 1.29 is 4.74 Å². The van der Waals surface area contributed by atoms with Crippen molar-refractivity contribution in [2.24, 2.45) is 0 Å².